The maximum absolute atomic E-state index is 6.88. The maximum Gasteiger partial charge on any atom is 0.247 e. The van der Waals surface area contributed by atoms with Crippen molar-refractivity contribution in [1.29, 1.82) is 0 Å². The number of aromatic nitrogens is 4. The third-order valence-corrected chi connectivity index (χ3v) is 16.1. The molecule has 0 N–H and O–H groups in total. The Kier molecular flexibility index (Phi) is 9.76. The van der Waals surface area contributed by atoms with Crippen LogP contribution in [0.5, 0.6) is 11.5 Å². The lowest BCUT2D eigenvalue weighted by molar-refractivity contribution is -0.747. The van der Waals surface area contributed by atoms with E-state index in [-0.39, 0.29) is 11.0 Å². The molecule has 0 saturated heterocycles. The number of fused-ring (bicyclic) bond motifs is 4. The lowest BCUT2D eigenvalue weighted by Crippen LogP contribution is -2.50. The first-order valence-electron chi connectivity index (χ1n) is 25.4. The van der Waals surface area contributed by atoms with Gasteiger partial charge in [-0.1, -0.05) is 118 Å². The number of ether oxygens (including phenoxy) is 1. The summed E-state index contributed by atoms with van der Waals surface area (Å²) < 4.78 is 20.3. The summed E-state index contributed by atoms with van der Waals surface area (Å²) in [7, 11) is 0. The zero-order valence-corrected chi connectivity index (χ0v) is 41.2. The van der Waals surface area contributed by atoms with E-state index in [1.54, 1.807) is 0 Å². The number of nitrogens with zero attached hydrogens (tertiary/aromatic N) is 4. The monoisotopic (exact) mass is 916 g/mol. The number of benzene rings is 6. The molecule has 0 atom stereocenters. The smallest absolute Gasteiger partial charge is 0.247 e. The average Bonchev–Trinajstić information content (AvgIpc) is 4.04. The Bertz CT molecular complexity index is 3540. The quantitative estimate of drug-likeness (QED) is 0.113. The van der Waals surface area contributed by atoms with Crippen LogP contribution in [0.1, 0.15) is 91.2 Å². The van der Waals surface area contributed by atoms with Gasteiger partial charge in [0.05, 0.1) is 28.5 Å². The lowest BCUT2D eigenvalue weighted by Gasteiger charge is -2.57. The van der Waals surface area contributed by atoms with Crippen LogP contribution in [0.3, 0.4) is 0 Å². The summed E-state index contributed by atoms with van der Waals surface area (Å²) in [5.74, 6) is 5.10. The van der Waals surface area contributed by atoms with Gasteiger partial charge >= 0.3 is 0 Å². The Morgan fingerprint density at radius 1 is 0.629 bits per heavy atom. The molecule has 4 aromatic heterocycles. The first-order chi connectivity index (χ1) is 33.9. The predicted molar refractivity (Wildman–Crippen MR) is 283 cm³/mol. The van der Waals surface area contributed by atoms with Crippen molar-refractivity contribution in [3.05, 3.63) is 182 Å². The molecule has 70 heavy (non-hydrogen) atoms. The van der Waals surface area contributed by atoms with Crippen molar-refractivity contribution in [3.8, 4) is 62.1 Å². The van der Waals surface area contributed by atoms with Crippen molar-refractivity contribution in [2.24, 2.45) is 17.8 Å². The highest BCUT2D eigenvalue weighted by Crippen LogP contribution is 2.61. The van der Waals surface area contributed by atoms with Gasteiger partial charge in [-0.25, -0.2) is 4.98 Å². The molecule has 6 aromatic carbocycles. The molecule has 10 aromatic rings. The summed E-state index contributed by atoms with van der Waals surface area (Å²) in [4.78, 5) is 5.04. The molecule has 348 valence electrons. The van der Waals surface area contributed by atoms with Gasteiger partial charge in [-0.3, -0.25) is 8.97 Å². The van der Waals surface area contributed by atoms with E-state index in [1.165, 1.54) is 65.9 Å². The van der Waals surface area contributed by atoms with Crippen molar-refractivity contribution < 1.29 is 13.7 Å². The molecule has 0 unspecified atom stereocenters. The van der Waals surface area contributed by atoms with Gasteiger partial charge in [-0.2, -0.15) is 0 Å². The highest BCUT2D eigenvalue weighted by molar-refractivity contribution is 6.10. The Hall–Kier alpha value is -7.18. The fourth-order valence-electron chi connectivity index (χ4n) is 13.2. The molecule has 14 rings (SSSR count). The van der Waals surface area contributed by atoms with Gasteiger partial charge in [0.1, 0.15) is 23.0 Å². The van der Waals surface area contributed by atoms with E-state index in [0.29, 0.717) is 5.41 Å². The molecular formula is C64H60N4O2. The van der Waals surface area contributed by atoms with Gasteiger partial charge in [0, 0.05) is 23.0 Å². The average molecular weight is 917 g/mol. The Balaban J connectivity index is 0.914. The molecule has 0 amide bonds. The molecule has 6 nitrogen and oxygen atoms in total. The summed E-state index contributed by atoms with van der Waals surface area (Å²) in [5, 5.41) is 2.52. The van der Waals surface area contributed by atoms with Crippen molar-refractivity contribution in [1.82, 2.24) is 14.0 Å². The van der Waals surface area contributed by atoms with E-state index < -0.39 is 0 Å². The van der Waals surface area contributed by atoms with Crippen LogP contribution in [0.15, 0.2) is 169 Å². The van der Waals surface area contributed by atoms with Crippen LogP contribution in [-0.4, -0.2) is 14.0 Å². The van der Waals surface area contributed by atoms with Gasteiger partial charge in [0.2, 0.25) is 12.0 Å². The van der Waals surface area contributed by atoms with E-state index in [0.717, 1.165) is 91.1 Å². The van der Waals surface area contributed by atoms with Crippen molar-refractivity contribution in [2.75, 3.05) is 0 Å². The van der Waals surface area contributed by atoms with Gasteiger partial charge in [0.25, 0.3) is 0 Å². The van der Waals surface area contributed by atoms with Gasteiger partial charge in [0.15, 0.2) is 0 Å². The predicted octanol–water partition coefficient (Wildman–Crippen LogP) is 16.1. The standard InChI is InChI=1S/C64H60N4O2/c1-62(2,3)47-27-28-65-58(34-47)68-55-26-23-48(64-36-41-29-42(37-64)31-43(30-41)38-64)33-54(55)53-25-24-50(35-56(53)68)70-49-20-13-19-46(32-49)57-39-69-61-60(67(40-66(57)61)63(4,5)6)59-51(44-15-9-7-10-16-44)21-14-22-52(59)45-17-11-8-12-18-45/h7-28,32-35,39,41-43H,29-31,36-38H2,1-6H3. The lowest BCUT2D eigenvalue weighted by atomic mass is 9.48. The van der Waals surface area contributed by atoms with E-state index in [9.17, 15) is 0 Å². The SMILES string of the molecule is CC(C)(C)c1ccnc(-n2c3ccc(C45CC6CC(CC(C6)C4)C5)cc3c3ccc(Oc4cccc(-c5coc6c(-c7c(-c8ccccc8)cccc7-c7ccccc7)[n+](C(C)(C)C)[c-]n56)c4)cc32)c1. The molecule has 4 fully saturated rings. The highest BCUT2D eigenvalue weighted by atomic mass is 16.5. The molecule has 0 radical (unpaired) electrons. The fraction of sp³-hybridized carbons (Fsp3) is 0.281. The Morgan fingerprint density at radius 3 is 1.93 bits per heavy atom. The second-order valence-electron chi connectivity index (χ2n) is 22.9. The largest absolute Gasteiger partial charge is 0.484 e. The van der Waals surface area contributed by atoms with Crippen LogP contribution < -0.4 is 9.30 Å². The summed E-state index contributed by atoms with van der Waals surface area (Å²) >= 11 is 0. The molecule has 4 bridgehead atoms. The van der Waals surface area contributed by atoms with Crippen LogP contribution in [0.25, 0.3) is 78.1 Å². The molecule has 0 aliphatic heterocycles. The topological polar surface area (TPSA) is 48.5 Å². The number of hydrogen-bond donors (Lipinski definition) is 0. The molecule has 0 spiro atoms. The second-order valence-corrected chi connectivity index (χ2v) is 22.9. The van der Waals surface area contributed by atoms with Crippen molar-refractivity contribution in [3.63, 3.8) is 0 Å². The molecule has 4 heterocycles. The summed E-state index contributed by atoms with van der Waals surface area (Å²) in [5.41, 5.74) is 14.2. The van der Waals surface area contributed by atoms with Gasteiger partial charge in [-0.15, -0.1) is 0 Å². The van der Waals surface area contributed by atoms with Crippen LogP contribution in [0, 0.1) is 24.1 Å². The third kappa shape index (κ3) is 7.12. The zero-order valence-electron chi connectivity index (χ0n) is 41.2. The minimum Gasteiger partial charge on any atom is -0.484 e. The summed E-state index contributed by atoms with van der Waals surface area (Å²) in [6, 6.07) is 54.7. The molecular weight excluding hydrogens is 857 g/mol. The maximum atomic E-state index is 6.88. The van der Waals surface area contributed by atoms with Crippen LogP contribution in [-0.2, 0) is 16.4 Å². The first-order valence-corrected chi connectivity index (χ1v) is 25.4. The van der Waals surface area contributed by atoms with E-state index in [4.69, 9.17) is 14.1 Å². The number of imidazole rings is 1. The third-order valence-electron chi connectivity index (χ3n) is 16.1. The number of oxazole rings is 1. The van der Waals surface area contributed by atoms with Gasteiger partial charge in [-0.05, 0) is 181 Å². The van der Waals surface area contributed by atoms with E-state index in [1.807, 2.05) is 18.5 Å². The normalized spacial score (nSPS) is 20.0. The van der Waals surface area contributed by atoms with E-state index in [2.05, 4.69) is 207 Å². The fourth-order valence-corrected chi connectivity index (χ4v) is 13.2. The van der Waals surface area contributed by atoms with E-state index >= 15 is 0 Å². The van der Waals surface area contributed by atoms with Crippen molar-refractivity contribution in [2.45, 2.75) is 96.4 Å². The minimum absolute atomic E-state index is 0.0211. The second kappa shape index (κ2) is 15.9. The Labute approximate surface area is 411 Å². The number of hydrogen-bond acceptors (Lipinski definition) is 3. The summed E-state index contributed by atoms with van der Waals surface area (Å²) in [6.45, 7) is 13.5. The van der Waals surface area contributed by atoms with Crippen LogP contribution in [0.4, 0.5) is 0 Å². The summed E-state index contributed by atoms with van der Waals surface area (Å²) in [6.07, 6.45) is 16.0. The number of pyridine rings is 1. The van der Waals surface area contributed by atoms with Crippen LogP contribution in [0.2, 0.25) is 0 Å². The number of rotatable bonds is 8. The van der Waals surface area contributed by atoms with Gasteiger partial charge < -0.3 is 13.7 Å². The minimum atomic E-state index is -0.328. The zero-order chi connectivity index (χ0) is 47.5. The molecule has 4 aliphatic carbocycles. The molecule has 6 heteroatoms. The highest BCUT2D eigenvalue weighted by Gasteiger charge is 2.51. The molecule has 4 aliphatic rings. The Morgan fingerprint density at radius 2 is 1.27 bits per heavy atom. The van der Waals surface area contributed by atoms with Crippen molar-refractivity contribution >= 4 is 27.5 Å². The van der Waals surface area contributed by atoms with Crippen LogP contribution >= 0.6 is 0 Å². The molecule has 4 saturated carbocycles. The first kappa shape index (κ1) is 42.9.